The van der Waals surface area contributed by atoms with Crippen molar-refractivity contribution < 1.29 is 4.74 Å². The molecule has 1 aromatic rings. The summed E-state index contributed by atoms with van der Waals surface area (Å²) in [5.74, 6) is 0. The summed E-state index contributed by atoms with van der Waals surface area (Å²) >= 11 is 1.92. The Kier molecular flexibility index (Phi) is 3.32. The van der Waals surface area contributed by atoms with Crippen LogP contribution in [-0.4, -0.2) is 18.5 Å². The second kappa shape index (κ2) is 4.71. The number of thioether (sulfide) groups is 1. The van der Waals surface area contributed by atoms with E-state index in [9.17, 15) is 0 Å². The Bertz CT molecular complexity index is 297. The molecule has 3 heteroatoms. The lowest BCUT2D eigenvalue weighted by molar-refractivity contribution is 0.100. The fourth-order valence-corrected chi connectivity index (χ4v) is 2.75. The van der Waals surface area contributed by atoms with Crippen LogP contribution in [0.1, 0.15) is 12.8 Å². The van der Waals surface area contributed by atoms with E-state index in [0.29, 0.717) is 5.25 Å². The molecule has 1 aliphatic heterocycles. The lowest BCUT2D eigenvalue weighted by Gasteiger charge is -2.21. The molecule has 0 radical (unpaired) electrons. The van der Waals surface area contributed by atoms with Gasteiger partial charge in [0.25, 0.3) is 0 Å². The molecule has 0 amide bonds. The predicted molar refractivity (Wildman–Crippen MR) is 60.6 cm³/mol. The molecule has 14 heavy (non-hydrogen) atoms. The second-order valence-corrected chi connectivity index (χ2v) is 4.88. The molecule has 1 aromatic carbocycles. The molecule has 1 fully saturated rings. The van der Waals surface area contributed by atoms with Crippen molar-refractivity contribution in [3.05, 3.63) is 24.3 Å². The molecule has 2 rings (SSSR count). The van der Waals surface area contributed by atoms with Crippen LogP contribution in [0, 0.1) is 0 Å². The maximum Gasteiger partial charge on any atom is 0.0476 e. The maximum absolute atomic E-state index is 5.73. The van der Waals surface area contributed by atoms with Crippen LogP contribution in [-0.2, 0) is 4.74 Å². The molecule has 76 valence electrons. The lowest BCUT2D eigenvalue weighted by atomic mass is 10.2. The van der Waals surface area contributed by atoms with Crippen LogP contribution in [0.25, 0.3) is 0 Å². The number of ether oxygens (including phenoxy) is 1. The summed E-state index contributed by atoms with van der Waals surface area (Å²) in [6.07, 6.45) is 2.30. The van der Waals surface area contributed by atoms with E-state index in [-0.39, 0.29) is 0 Å². The highest BCUT2D eigenvalue weighted by Crippen LogP contribution is 2.30. The van der Waals surface area contributed by atoms with Crippen LogP contribution < -0.4 is 5.73 Å². The Balaban J connectivity index is 1.95. The fourth-order valence-electron chi connectivity index (χ4n) is 1.57. The zero-order valence-corrected chi connectivity index (χ0v) is 8.93. The summed E-state index contributed by atoms with van der Waals surface area (Å²) < 4.78 is 5.32. The lowest BCUT2D eigenvalue weighted by Crippen LogP contribution is -2.17. The highest BCUT2D eigenvalue weighted by atomic mass is 32.2. The molecule has 0 bridgehead atoms. The van der Waals surface area contributed by atoms with E-state index in [1.165, 1.54) is 4.90 Å². The third kappa shape index (κ3) is 2.66. The van der Waals surface area contributed by atoms with Crippen LogP contribution in [0.3, 0.4) is 0 Å². The van der Waals surface area contributed by atoms with Gasteiger partial charge in [0.1, 0.15) is 0 Å². The zero-order valence-electron chi connectivity index (χ0n) is 8.11. The molecular weight excluding hydrogens is 194 g/mol. The van der Waals surface area contributed by atoms with Gasteiger partial charge in [0.05, 0.1) is 0 Å². The third-order valence-electron chi connectivity index (χ3n) is 2.33. The molecule has 2 N–H and O–H groups in total. The monoisotopic (exact) mass is 209 g/mol. The molecule has 0 unspecified atom stereocenters. The number of hydrogen-bond acceptors (Lipinski definition) is 3. The molecule has 0 aliphatic carbocycles. The number of nitrogen functional groups attached to an aromatic ring is 1. The zero-order chi connectivity index (χ0) is 9.80. The van der Waals surface area contributed by atoms with E-state index in [1.807, 2.05) is 30.0 Å². The Morgan fingerprint density at radius 1 is 1.29 bits per heavy atom. The van der Waals surface area contributed by atoms with E-state index in [4.69, 9.17) is 10.5 Å². The van der Waals surface area contributed by atoms with Crippen molar-refractivity contribution in [1.82, 2.24) is 0 Å². The highest BCUT2D eigenvalue weighted by molar-refractivity contribution is 8.00. The van der Waals surface area contributed by atoms with Gasteiger partial charge >= 0.3 is 0 Å². The molecule has 2 nitrogen and oxygen atoms in total. The average Bonchev–Trinajstić information content (AvgIpc) is 2.19. The van der Waals surface area contributed by atoms with Crippen molar-refractivity contribution in [2.45, 2.75) is 23.0 Å². The van der Waals surface area contributed by atoms with Gasteiger partial charge in [-0.1, -0.05) is 6.07 Å². The standard InChI is InChI=1S/C11H15NOS/c12-9-2-1-3-11(8-9)14-10-4-6-13-7-5-10/h1-3,8,10H,4-7,12H2. The normalized spacial score (nSPS) is 18.3. The van der Waals surface area contributed by atoms with E-state index < -0.39 is 0 Å². The molecule has 1 aliphatic rings. The van der Waals surface area contributed by atoms with Crippen molar-refractivity contribution in [3.8, 4) is 0 Å². The summed E-state index contributed by atoms with van der Waals surface area (Å²) in [7, 11) is 0. The minimum Gasteiger partial charge on any atom is -0.399 e. The quantitative estimate of drug-likeness (QED) is 0.760. The number of anilines is 1. The Morgan fingerprint density at radius 2 is 2.07 bits per heavy atom. The van der Waals surface area contributed by atoms with E-state index in [0.717, 1.165) is 31.7 Å². The van der Waals surface area contributed by atoms with Crippen molar-refractivity contribution >= 4 is 17.4 Å². The molecule has 0 spiro atoms. The van der Waals surface area contributed by atoms with Crippen molar-refractivity contribution in [3.63, 3.8) is 0 Å². The van der Waals surface area contributed by atoms with Gasteiger partial charge in [-0.3, -0.25) is 0 Å². The van der Waals surface area contributed by atoms with Crippen molar-refractivity contribution in [2.75, 3.05) is 18.9 Å². The van der Waals surface area contributed by atoms with E-state index in [2.05, 4.69) is 6.07 Å². The largest absolute Gasteiger partial charge is 0.399 e. The minimum absolute atomic E-state index is 0.700. The molecule has 0 aromatic heterocycles. The summed E-state index contributed by atoms with van der Waals surface area (Å²) in [6.45, 7) is 1.81. The summed E-state index contributed by atoms with van der Waals surface area (Å²) in [5.41, 5.74) is 6.57. The maximum atomic E-state index is 5.73. The van der Waals surface area contributed by atoms with Crippen LogP contribution in [0.15, 0.2) is 29.2 Å². The van der Waals surface area contributed by atoms with E-state index in [1.54, 1.807) is 0 Å². The summed E-state index contributed by atoms with van der Waals surface area (Å²) in [4.78, 5) is 1.27. The average molecular weight is 209 g/mol. The topological polar surface area (TPSA) is 35.2 Å². The Hall–Kier alpha value is -0.670. The van der Waals surface area contributed by atoms with Crippen LogP contribution in [0.5, 0.6) is 0 Å². The smallest absolute Gasteiger partial charge is 0.0476 e. The molecule has 0 atom stereocenters. The number of nitrogens with two attached hydrogens (primary N) is 1. The van der Waals surface area contributed by atoms with Crippen molar-refractivity contribution in [1.29, 1.82) is 0 Å². The summed E-state index contributed by atoms with van der Waals surface area (Å²) in [5, 5.41) is 0.700. The Morgan fingerprint density at radius 3 is 2.79 bits per heavy atom. The predicted octanol–water partition coefficient (Wildman–Crippen LogP) is 2.54. The molecule has 0 saturated carbocycles. The molecular formula is C11H15NOS. The first-order valence-corrected chi connectivity index (χ1v) is 5.82. The third-order valence-corrected chi connectivity index (χ3v) is 3.66. The van der Waals surface area contributed by atoms with E-state index >= 15 is 0 Å². The molecule has 1 saturated heterocycles. The molecule has 1 heterocycles. The van der Waals surface area contributed by atoms with Gasteiger partial charge in [-0.25, -0.2) is 0 Å². The fraction of sp³-hybridized carbons (Fsp3) is 0.455. The first kappa shape index (κ1) is 9.87. The van der Waals surface area contributed by atoms with Gasteiger partial charge < -0.3 is 10.5 Å². The van der Waals surface area contributed by atoms with Crippen LogP contribution in [0.4, 0.5) is 5.69 Å². The Labute approximate surface area is 88.8 Å². The van der Waals surface area contributed by atoms with Gasteiger partial charge in [0.2, 0.25) is 0 Å². The summed E-state index contributed by atoms with van der Waals surface area (Å²) in [6, 6.07) is 8.10. The van der Waals surface area contributed by atoms with Gasteiger partial charge in [0.15, 0.2) is 0 Å². The number of hydrogen-bond donors (Lipinski definition) is 1. The first-order valence-electron chi connectivity index (χ1n) is 4.94. The SMILES string of the molecule is Nc1cccc(SC2CCOCC2)c1. The van der Waals surface area contributed by atoms with Crippen LogP contribution in [0.2, 0.25) is 0 Å². The van der Waals surface area contributed by atoms with Crippen molar-refractivity contribution in [2.24, 2.45) is 0 Å². The van der Waals surface area contributed by atoms with Gasteiger partial charge in [0, 0.05) is 29.0 Å². The van der Waals surface area contributed by atoms with Gasteiger partial charge in [-0.15, -0.1) is 11.8 Å². The van der Waals surface area contributed by atoms with Crippen LogP contribution >= 0.6 is 11.8 Å². The second-order valence-electron chi connectivity index (χ2n) is 3.50. The minimum atomic E-state index is 0.700. The van der Waals surface area contributed by atoms with Gasteiger partial charge in [-0.05, 0) is 31.0 Å². The van der Waals surface area contributed by atoms with Gasteiger partial charge in [-0.2, -0.15) is 0 Å². The number of rotatable bonds is 2. The highest BCUT2D eigenvalue weighted by Gasteiger charge is 2.14. The number of benzene rings is 1. The first-order chi connectivity index (χ1) is 6.84.